The van der Waals surface area contributed by atoms with Crippen LogP contribution in [-0.4, -0.2) is 23.2 Å². The maximum Gasteiger partial charge on any atom is 0.348 e. The van der Waals surface area contributed by atoms with Crippen LogP contribution < -0.4 is 5.73 Å². The molecule has 0 fully saturated rings. The molecule has 0 amide bonds. The summed E-state index contributed by atoms with van der Waals surface area (Å²) in [5, 5.41) is 8.69. The third kappa shape index (κ3) is 1.89. The van der Waals surface area contributed by atoms with Crippen molar-refractivity contribution in [2.45, 2.75) is 18.9 Å². The van der Waals surface area contributed by atoms with Crippen LogP contribution in [0.3, 0.4) is 0 Å². The van der Waals surface area contributed by atoms with E-state index in [1.165, 1.54) is 6.92 Å². The molecule has 5 heteroatoms. The van der Waals surface area contributed by atoms with Gasteiger partial charge in [0.05, 0.1) is 6.54 Å². The van der Waals surface area contributed by atoms with E-state index in [9.17, 15) is 4.79 Å². The van der Waals surface area contributed by atoms with Gasteiger partial charge in [0.25, 0.3) is 0 Å². The molecule has 0 saturated heterocycles. The zero-order valence-electron chi connectivity index (χ0n) is 6.74. The van der Waals surface area contributed by atoms with E-state index in [0.29, 0.717) is 12.2 Å². The number of carbonyl (C=O) groups is 1. The summed E-state index contributed by atoms with van der Waals surface area (Å²) >= 11 is 0. The first-order chi connectivity index (χ1) is 5.08. The van der Waals surface area contributed by atoms with Crippen LogP contribution in [0.4, 0.5) is 0 Å². The highest BCUT2D eigenvalue weighted by atomic mass is 35.5. The molecule has 1 unspecified atom stereocenters. The maximum atomic E-state index is 10.6. The minimum Gasteiger partial charge on any atom is -0.479 e. The highest BCUT2D eigenvalue weighted by molar-refractivity contribution is 5.85. The van der Waals surface area contributed by atoms with Crippen molar-refractivity contribution in [3.63, 3.8) is 0 Å². The van der Waals surface area contributed by atoms with Gasteiger partial charge in [-0.25, -0.2) is 4.79 Å². The lowest BCUT2D eigenvalue weighted by atomic mass is 10.1. The van der Waals surface area contributed by atoms with Crippen LogP contribution in [0.1, 0.15) is 13.3 Å². The summed E-state index contributed by atoms with van der Waals surface area (Å²) in [4.78, 5) is 10.6. The van der Waals surface area contributed by atoms with Crippen molar-refractivity contribution in [2.24, 2.45) is 5.73 Å². The number of aliphatic carboxylic acids is 1. The van der Waals surface area contributed by atoms with Crippen molar-refractivity contribution in [2.75, 3.05) is 6.54 Å². The Morgan fingerprint density at radius 3 is 2.75 bits per heavy atom. The Hall–Kier alpha value is -0.740. The van der Waals surface area contributed by atoms with Gasteiger partial charge in [-0.1, -0.05) is 0 Å². The lowest BCUT2D eigenvalue weighted by molar-refractivity contribution is -0.156. The number of rotatable bonds is 2. The van der Waals surface area contributed by atoms with Gasteiger partial charge in [0.2, 0.25) is 5.60 Å². The van der Waals surface area contributed by atoms with E-state index in [0.717, 1.165) is 0 Å². The number of carboxylic acid groups (broad SMARTS) is 1. The summed E-state index contributed by atoms with van der Waals surface area (Å²) in [6, 6.07) is 0. The average Bonchev–Trinajstić information content (AvgIpc) is 2.33. The maximum absolute atomic E-state index is 10.6. The van der Waals surface area contributed by atoms with Gasteiger partial charge in [0.1, 0.15) is 5.76 Å². The molecule has 1 aliphatic heterocycles. The Morgan fingerprint density at radius 1 is 1.92 bits per heavy atom. The number of hydrogen-bond donors (Lipinski definition) is 2. The molecule has 0 bridgehead atoms. The van der Waals surface area contributed by atoms with Gasteiger partial charge in [-0.15, -0.1) is 12.4 Å². The smallest absolute Gasteiger partial charge is 0.348 e. The number of halogens is 1. The fourth-order valence-electron chi connectivity index (χ4n) is 0.937. The van der Waals surface area contributed by atoms with E-state index < -0.39 is 11.6 Å². The van der Waals surface area contributed by atoms with Crippen molar-refractivity contribution in [3.05, 3.63) is 11.8 Å². The Morgan fingerprint density at radius 2 is 2.50 bits per heavy atom. The zero-order valence-corrected chi connectivity index (χ0v) is 7.56. The Balaban J connectivity index is 0.00000121. The molecule has 12 heavy (non-hydrogen) atoms. The van der Waals surface area contributed by atoms with Gasteiger partial charge < -0.3 is 15.6 Å². The van der Waals surface area contributed by atoms with Crippen molar-refractivity contribution in [1.29, 1.82) is 0 Å². The molecule has 4 nitrogen and oxygen atoms in total. The predicted molar refractivity (Wildman–Crippen MR) is 46.1 cm³/mol. The molecule has 0 aromatic heterocycles. The van der Waals surface area contributed by atoms with Crippen LogP contribution in [0.15, 0.2) is 11.8 Å². The fourth-order valence-corrected chi connectivity index (χ4v) is 0.937. The molecular weight excluding hydrogens is 182 g/mol. The second-order valence-electron chi connectivity index (χ2n) is 2.72. The van der Waals surface area contributed by atoms with E-state index in [1.807, 2.05) is 0 Å². The molecule has 0 aromatic carbocycles. The lowest BCUT2D eigenvalue weighted by Gasteiger charge is -2.19. The predicted octanol–water partition coefficient (Wildman–Crippen LogP) is 0.514. The van der Waals surface area contributed by atoms with E-state index >= 15 is 0 Å². The topological polar surface area (TPSA) is 72.5 Å². The summed E-state index contributed by atoms with van der Waals surface area (Å²) < 4.78 is 5.10. The Labute approximate surface area is 76.8 Å². The summed E-state index contributed by atoms with van der Waals surface area (Å²) in [5.74, 6) is -0.382. The van der Waals surface area contributed by atoms with Gasteiger partial charge in [-0.2, -0.15) is 0 Å². The average molecular weight is 194 g/mol. The van der Waals surface area contributed by atoms with Crippen LogP contribution in [0.5, 0.6) is 0 Å². The molecule has 1 rings (SSSR count). The highest BCUT2D eigenvalue weighted by Gasteiger charge is 2.38. The van der Waals surface area contributed by atoms with E-state index in [1.54, 1.807) is 6.08 Å². The second-order valence-corrected chi connectivity index (χ2v) is 2.72. The first-order valence-corrected chi connectivity index (χ1v) is 3.40. The lowest BCUT2D eigenvalue weighted by Crippen LogP contribution is -2.34. The first kappa shape index (κ1) is 11.3. The molecule has 0 saturated carbocycles. The van der Waals surface area contributed by atoms with Crippen LogP contribution in [0.25, 0.3) is 0 Å². The minimum atomic E-state index is -1.09. The van der Waals surface area contributed by atoms with Crippen molar-refractivity contribution in [1.82, 2.24) is 0 Å². The summed E-state index contributed by atoms with van der Waals surface area (Å²) in [6.07, 6.45) is 2.11. The number of carboxylic acids is 1. The Kier molecular flexibility index (Phi) is 3.55. The Bertz CT molecular complexity index is 217. The minimum absolute atomic E-state index is 0. The summed E-state index contributed by atoms with van der Waals surface area (Å²) in [5.41, 5.74) is 4.18. The van der Waals surface area contributed by atoms with Gasteiger partial charge in [0.15, 0.2) is 0 Å². The molecule has 1 aliphatic rings. The van der Waals surface area contributed by atoms with E-state index in [2.05, 4.69) is 0 Å². The molecule has 70 valence electrons. The van der Waals surface area contributed by atoms with Gasteiger partial charge >= 0.3 is 5.97 Å². The largest absolute Gasteiger partial charge is 0.479 e. The van der Waals surface area contributed by atoms with E-state index in [-0.39, 0.29) is 19.0 Å². The van der Waals surface area contributed by atoms with Gasteiger partial charge in [-0.3, -0.25) is 0 Å². The van der Waals surface area contributed by atoms with E-state index in [4.69, 9.17) is 15.6 Å². The molecule has 0 radical (unpaired) electrons. The van der Waals surface area contributed by atoms with Gasteiger partial charge in [-0.05, 0) is 13.0 Å². The normalized spacial score (nSPS) is 27.0. The monoisotopic (exact) mass is 193 g/mol. The molecule has 0 aromatic rings. The number of ether oxygens (including phenoxy) is 1. The molecule has 0 aliphatic carbocycles. The summed E-state index contributed by atoms with van der Waals surface area (Å²) in [6.45, 7) is 1.80. The SMILES string of the molecule is CC1(C(=O)O)CC=C(CN)O1.Cl. The first-order valence-electron chi connectivity index (χ1n) is 3.40. The zero-order chi connectivity index (χ0) is 8.48. The molecule has 1 heterocycles. The van der Waals surface area contributed by atoms with Crippen LogP contribution in [-0.2, 0) is 9.53 Å². The molecule has 0 spiro atoms. The third-order valence-electron chi connectivity index (χ3n) is 1.73. The van der Waals surface area contributed by atoms with Crippen LogP contribution >= 0.6 is 12.4 Å². The third-order valence-corrected chi connectivity index (χ3v) is 1.73. The molecule has 3 N–H and O–H groups in total. The molecular formula is C7H12ClNO3. The van der Waals surface area contributed by atoms with Crippen LogP contribution in [0, 0.1) is 0 Å². The summed E-state index contributed by atoms with van der Waals surface area (Å²) in [7, 11) is 0. The fraction of sp³-hybridized carbons (Fsp3) is 0.571. The van der Waals surface area contributed by atoms with Crippen molar-refractivity contribution >= 4 is 18.4 Å². The van der Waals surface area contributed by atoms with Gasteiger partial charge in [0, 0.05) is 6.42 Å². The van der Waals surface area contributed by atoms with Crippen molar-refractivity contribution < 1.29 is 14.6 Å². The number of nitrogens with two attached hydrogens (primary N) is 1. The number of hydrogen-bond acceptors (Lipinski definition) is 3. The van der Waals surface area contributed by atoms with Crippen LogP contribution in [0.2, 0.25) is 0 Å². The standard InChI is InChI=1S/C7H11NO3.ClH/c1-7(6(9)10)3-2-5(4-8)11-7;/h2H,3-4,8H2,1H3,(H,9,10);1H. The quantitative estimate of drug-likeness (QED) is 0.671. The second kappa shape index (κ2) is 3.78. The van der Waals surface area contributed by atoms with Crippen molar-refractivity contribution in [3.8, 4) is 0 Å². The highest BCUT2D eigenvalue weighted by Crippen LogP contribution is 2.27. The molecule has 1 atom stereocenters.